The van der Waals surface area contributed by atoms with E-state index < -0.39 is 0 Å². The summed E-state index contributed by atoms with van der Waals surface area (Å²) >= 11 is 0. The van der Waals surface area contributed by atoms with E-state index in [-0.39, 0.29) is 11.8 Å². The molecule has 1 aromatic rings. The molecule has 3 heterocycles. The Labute approximate surface area is 107 Å². The topological polar surface area (TPSA) is 69.8 Å². The number of imidazole rings is 1. The van der Waals surface area contributed by atoms with Crippen molar-refractivity contribution in [1.82, 2.24) is 20.6 Å². The molecular weight excluding hydrogens is 228 g/mol. The fraction of sp³-hybridized carbons (Fsp3) is 0.692. The molecule has 18 heavy (non-hydrogen) atoms. The molecule has 2 aliphatic rings. The smallest absolute Gasteiger partial charge is 0.224 e. The summed E-state index contributed by atoms with van der Waals surface area (Å²) in [7, 11) is 0. The first-order valence-electron chi connectivity index (χ1n) is 6.85. The maximum absolute atomic E-state index is 12.0. The number of aromatic amines is 1. The predicted molar refractivity (Wildman–Crippen MR) is 68.0 cm³/mol. The zero-order valence-electron chi connectivity index (χ0n) is 10.5. The van der Waals surface area contributed by atoms with E-state index in [0.29, 0.717) is 12.1 Å². The summed E-state index contributed by atoms with van der Waals surface area (Å²) in [5.74, 6) is 1.42. The first-order chi connectivity index (χ1) is 8.83. The van der Waals surface area contributed by atoms with E-state index in [0.717, 1.165) is 38.1 Å². The number of hydrogen-bond acceptors (Lipinski definition) is 3. The van der Waals surface area contributed by atoms with Crippen molar-refractivity contribution in [2.24, 2.45) is 5.92 Å². The highest BCUT2D eigenvalue weighted by atomic mass is 16.1. The van der Waals surface area contributed by atoms with Gasteiger partial charge in [0.15, 0.2) is 0 Å². The summed E-state index contributed by atoms with van der Waals surface area (Å²) in [6.07, 6.45) is 8.84. The van der Waals surface area contributed by atoms with E-state index in [1.165, 1.54) is 6.42 Å². The number of fused-ring (bicyclic) bond motifs is 2. The maximum atomic E-state index is 12.0. The molecule has 3 atom stereocenters. The lowest BCUT2D eigenvalue weighted by Gasteiger charge is -2.19. The fourth-order valence-corrected chi connectivity index (χ4v) is 3.15. The summed E-state index contributed by atoms with van der Waals surface area (Å²) < 4.78 is 0. The van der Waals surface area contributed by atoms with Gasteiger partial charge in [0, 0.05) is 37.4 Å². The first-order valence-corrected chi connectivity index (χ1v) is 6.85. The molecule has 5 nitrogen and oxygen atoms in total. The van der Waals surface area contributed by atoms with Crippen molar-refractivity contribution in [2.75, 3.05) is 6.54 Å². The van der Waals surface area contributed by atoms with Crippen molar-refractivity contribution < 1.29 is 4.79 Å². The molecule has 3 N–H and O–H groups in total. The minimum atomic E-state index is 0.201. The fourth-order valence-electron chi connectivity index (χ4n) is 3.15. The molecule has 2 saturated heterocycles. The Hall–Kier alpha value is -1.36. The van der Waals surface area contributed by atoms with Gasteiger partial charge in [-0.3, -0.25) is 4.79 Å². The second-order valence-electron chi connectivity index (χ2n) is 5.32. The average Bonchev–Trinajstić information content (AvgIpc) is 3.10. The second-order valence-corrected chi connectivity index (χ2v) is 5.32. The Kier molecular flexibility index (Phi) is 3.32. The van der Waals surface area contributed by atoms with Crippen LogP contribution >= 0.6 is 0 Å². The molecule has 3 unspecified atom stereocenters. The second kappa shape index (κ2) is 5.10. The van der Waals surface area contributed by atoms with Gasteiger partial charge in [0.05, 0.1) is 5.92 Å². The molecule has 98 valence electrons. The third-order valence-electron chi connectivity index (χ3n) is 4.08. The molecule has 0 aliphatic carbocycles. The molecule has 1 amide bonds. The predicted octanol–water partition coefficient (Wildman–Crippen LogP) is 0.599. The zero-order valence-corrected chi connectivity index (χ0v) is 10.5. The lowest BCUT2D eigenvalue weighted by molar-refractivity contribution is -0.125. The van der Waals surface area contributed by atoms with Crippen LogP contribution < -0.4 is 10.6 Å². The Morgan fingerprint density at radius 3 is 3.11 bits per heavy atom. The van der Waals surface area contributed by atoms with Crippen molar-refractivity contribution in [3.63, 3.8) is 0 Å². The largest absolute Gasteiger partial charge is 0.356 e. The maximum Gasteiger partial charge on any atom is 0.224 e. The van der Waals surface area contributed by atoms with Crippen molar-refractivity contribution in [3.05, 3.63) is 18.2 Å². The molecule has 0 radical (unpaired) electrons. The number of carbonyl (C=O) groups excluding carboxylic acids is 1. The number of aryl methyl sites for hydroxylation is 1. The minimum Gasteiger partial charge on any atom is -0.356 e. The quantitative estimate of drug-likeness (QED) is 0.668. The lowest BCUT2D eigenvalue weighted by atomic mass is 9.88. The van der Waals surface area contributed by atoms with Gasteiger partial charge in [0.25, 0.3) is 0 Å². The third-order valence-corrected chi connectivity index (χ3v) is 4.08. The Balaban J connectivity index is 1.37. The first kappa shape index (κ1) is 11.7. The molecule has 0 spiro atoms. The number of aromatic nitrogens is 2. The van der Waals surface area contributed by atoms with E-state index in [1.807, 2.05) is 6.20 Å². The standard InChI is InChI=1S/C13H20N4O/c18-13(10-8-9-3-4-11(10)17-9)16-5-1-2-12-14-6-7-15-12/h6-7,9-11,17H,1-5,8H2,(H,14,15)(H,16,18). The van der Waals surface area contributed by atoms with Crippen LogP contribution in [0.4, 0.5) is 0 Å². The Morgan fingerprint density at radius 2 is 2.44 bits per heavy atom. The molecule has 0 aromatic carbocycles. The van der Waals surface area contributed by atoms with Crippen molar-refractivity contribution in [2.45, 2.75) is 44.2 Å². The molecule has 5 heteroatoms. The minimum absolute atomic E-state index is 0.201. The van der Waals surface area contributed by atoms with Gasteiger partial charge < -0.3 is 15.6 Å². The van der Waals surface area contributed by atoms with E-state index in [1.54, 1.807) is 6.20 Å². The summed E-state index contributed by atoms with van der Waals surface area (Å²) in [6.45, 7) is 0.743. The monoisotopic (exact) mass is 248 g/mol. The van der Waals surface area contributed by atoms with Crippen LogP contribution in [-0.4, -0.2) is 34.5 Å². The number of amides is 1. The highest BCUT2D eigenvalue weighted by molar-refractivity contribution is 5.80. The van der Waals surface area contributed by atoms with Crippen LogP contribution in [0.3, 0.4) is 0 Å². The molecule has 3 rings (SSSR count). The van der Waals surface area contributed by atoms with Crippen LogP contribution in [-0.2, 0) is 11.2 Å². The summed E-state index contributed by atoms with van der Waals surface area (Å²) in [4.78, 5) is 19.3. The van der Waals surface area contributed by atoms with Gasteiger partial charge in [-0.05, 0) is 25.7 Å². The molecule has 2 fully saturated rings. The number of carbonyl (C=O) groups is 1. The van der Waals surface area contributed by atoms with Crippen LogP contribution in [0.2, 0.25) is 0 Å². The van der Waals surface area contributed by atoms with Crippen molar-refractivity contribution >= 4 is 5.91 Å². The highest BCUT2D eigenvalue weighted by Crippen LogP contribution is 2.33. The Morgan fingerprint density at radius 1 is 1.50 bits per heavy atom. The number of nitrogens with zero attached hydrogens (tertiary/aromatic N) is 1. The Bertz CT molecular complexity index is 403. The molecular formula is C13H20N4O. The number of H-pyrrole nitrogens is 1. The normalized spacial score (nSPS) is 29.7. The van der Waals surface area contributed by atoms with Gasteiger partial charge in [-0.25, -0.2) is 4.98 Å². The van der Waals surface area contributed by atoms with Gasteiger partial charge in [-0.1, -0.05) is 0 Å². The van der Waals surface area contributed by atoms with Crippen LogP contribution in [0, 0.1) is 5.92 Å². The summed E-state index contributed by atoms with van der Waals surface area (Å²) in [5.41, 5.74) is 0. The van der Waals surface area contributed by atoms with E-state index >= 15 is 0 Å². The number of nitrogens with one attached hydrogen (secondary N) is 3. The zero-order chi connectivity index (χ0) is 12.4. The highest BCUT2D eigenvalue weighted by Gasteiger charge is 2.42. The summed E-state index contributed by atoms with van der Waals surface area (Å²) in [5, 5.41) is 6.55. The van der Waals surface area contributed by atoms with Gasteiger partial charge in [0.2, 0.25) is 5.91 Å². The summed E-state index contributed by atoms with van der Waals surface area (Å²) in [6, 6.07) is 1.02. The third kappa shape index (κ3) is 2.41. The van der Waals surface area contributed by atoms with E-state index in [9.17, 15) is 4.79 Å². The van der Waals surface area contributed by atoms with E-state index in [2.05, 4.69) is 20.6 Å². The molecule has 2 aliphatic heterocycles. The molecule has 2 bridgehead atoms. The van der Waals surface area contributed by atoms with Crippen LogP contribution in [0.15, 0.2) is 12.4 Å². The molecule has 1 aromatic heterocycles. The van der Waals surface area contributed by atoms with Gasteiger partial charge >= 0.3 is 0 Å². The van der Waals surface area contributed by atoms with Crippen LogP contribution in [0.5, 0.6) is 0 Å². The van der Waals surface area contributed by atoms with Crippen LogP contribution in [0.25, 0.3) is 0 Å². The van der Waals surface area contributed by atoms with Gasteiger partial charge in [-0.2, -0.15) is 0 Å². The van der Waals surface area contributed by atoms with Crippen LogP contribution in [0.1, 0.15) is 31.5 Å². The lowest BCUT2D eigenvalue weighted by Crippen LogP contribution is -2.38. The van der Waals surface area contributed by atoms with Gasteiger partial charge in [0.1, 0.15) is 5.82 Å². The van der Waals surface area contributed by atoms with Crippen molar-refractivity contribution in [3.8, 4) is 0 Å². The van der Waals surface area contributed by atoms with Crippen molar-refractivity contribution in [1.29, 1.82) is 0 Å². The van der Waals surface area contributed by atoms with E-state index in [4.69, 9.17) is 0 Å². The SMILES string of the molecule is O=C(NCCCc1ncc[nH]1)C1CC2CCC1N2. The number of rotatable bonds is 5. The molecule has 0 saturated carbocycles. The number of hydrogen-bond donors (Lipinski definition) is 3. The van der Waals surface area contributed by atoms with Gasteiger partial charge in [-0.15, -0.1) is 0 Å². The average molecular weight is 248 g/mol.